The van der Waals surface area contributed by atoms with Crippen molar-refractivity contribution in [2.45, 2.75) is 50.6 Å². The molecule has 0 unspecified atom stereocenters. The number of ketones is 1. The third kappa shape index (κ3) is 3.09. The van der Waals surface area contributed by atoms with Gasteiger partial charge < -0.3 is 10.6 Å². The molecule has 1 aliphatic carbocycles. The lowest BCUT2D eigenvalue weighted by atomic mass is 9.83. The Morgan fingerprint density at radius 2 is 1.92 bits per heavy atom. The molecular weight excluding hydrogens is 334 g/mol. The molecule has 2 heterocycles. The smallest absolute Gasteiger partial charge is 0.240 e. The first-order valence-corrected chi connectivity index (χ1v) is 9.92. The zero-order valence-corrected chi connectivity index (χ0v) is 15.0. The fraction of sp³-hybridized carbons (Fsp3) is 0.526. The molecule has 2 N–H and O–H groups in total. The molecular formula is C19H23N3O2S. The first-order chi connectivity index (χ1) is 12.1. The van der Waals surface area contributed by atoms with Gasteiger partial charge in [0.25, 0.3) is 0 Å². The lowest BCUT2D eigenvalue weighted by Crippen LogP contribution is -2.60. The number of amides is 1. The summed E-state index contributed by atoms with van der Waals surface area (Å²) >= 11 is 1.40. The third-order valence-electron chi connectivity index (χ3n) is 5.55. The molecule has 1 saturated heterocycles. The van der Waals surface area contributed by atoms with Gasteiger partial charge in [0.05, 0.1) is 22.3 Å². The van der Waals surface area contributed by atoms with Crippen molar-refractivity contribution in [2.24, 2.45) is 11.7 Å². The Hall–Kier alpha value is -1.79. The first-order valence-electron chi connectivity index (χ1n) is 9.11. The molecule has 1 amide bonds. The largest absolute Gasteiger partial charge is 0.331 e. The minimum atomic E-state index is -0.466. The molecule has 1 saturated carbocycles. The van der Waals surface area contributed by atoms with E-state index in [9.17, 15) is 9.59 Å². The van der Waals surface area contributed by atoms with Crippen LogP contribution in [0.1, 0.15) is 48.3 Å². The first kappa shape index (κ1) is 16.7. The molecule has 2 fully saturated rings. The molecule has 2 aromatic rings. The Morgan fingerprint density at radius 3 is 2.60 bits per heavy atom. The van der Waals surface area contributed by atoms with Crippen LogP contribution in [0.25, 0.3) is 10.2 Å². The zero-order valence-electron chi connectivity index (χ0n) is 14.2. The molecule has 6 heteroatoms. The highest BCUT2D eigenvalue weighted by Crippen LogP contribution is 2.31. The Labute approximate surface area is 151 Å². The number of fused-ring (bicyclic) bond motifs is 1. The number of para-hydroxylation sites is 1. The summed E-state index contributed by atoms with van der Waals surface area (Å²) < 4.78 is 1.00. The van der Waals surface area contributed by atoms with E-state index >= 15 is 0 Å². The van der Waals surface area contributed by atoms with Crippen LogP contribution in [0.5, 0.6) is 0 Å². The van der Waals surface area contributed by atoms with Crippen molar-refractivity contribution in [3.8, 4) is 0 Å². The Morgan fingerprint density at radius 1 is 1.16 bits per heavy atom. The van der Waals surface area contributed by atoms with Crippen LogP contribution < -0.4 is 5.73 Å². The van der Waals surface area contributed by atoms with E-state index in [0.717, 1.165) is 35.9 Å². The second-order valence-corrected chi connectivity index (χ2v) is 8.14. The summed E-state index contributed by atoms with van der Waals surface area (Å²) in [4.78, 5) is 31.7. The minimum absolute atomic E-state index is 0.0448. The van der Waals surface area contributed by atoms with Gasteiger partial charge in [-0.1, -0.05) is 31.4 Å². The van der Waals surface area contributed by atoms with Gasteiger partial charge in [0, 0.05) is 6.54 Å². The second kappa shape index (κ2) is 6.84. The van der Waals surface area contributed by atoms with Gasteiger partial charge >= 0.3 is 0 Å². The minimum Gasteiger partial charge on any atom is -0.331 e. The summed E-state index contributed by atoms with van der Waals surface area (Å²) in [6.45, 7) is 0.626. The Bertz CT molecular complexity index is 764. The molecule has 1 aromatic heterocycles. The van der Waals surface area contributed by atoms with Crippen molar-refractivity contribution in [1.82, 2.24) is 9.88 Å². The van der Waals surface area contributed by atoms with Gasteiger partial charge in [0.2, 0.25) is 11.7 Å². The van der Waals surface area contributed by atoms with Crippen molar-refractivity contribution in [2.75, 3.05) is 6.54 Å². The average Bonchev–Trinajstić information content (AvgIpc) is 3.05. The quantitative estimate of drug-likeness (QED) is 0.854. The summed E-state index contributed by atoms with van der Waals surface area (Å²) in [6.07, 6.45) is 6.30. The van der Waals surface area contributed by atoms with E-state index in [0.29, 0.717) is 18.0 Å². The standard InChI is InChI=1S/C19H23N3O2S/c20-16(12-6-2-1-3-7-12)19(24)22-11-10-14(22)17(23)18-21-13-8-4-5-9-15(13)25-18/h4-5,8-9,12,14,16H,1-3,6-7,10-11,20H2/t14-,16+/m0/s1. The van der Waals surface area contributed by atoms with Crippen LogP contribution in [0.2, 0.25) is 0 Å². The Kier molecular flexibility index (Phi) is 4.56. The van der Waals surface area contributed by atoms with Gasteiger partial charge in [-0.15, -0.1) is 11.3 Å². The van der Waals surface area contributed by atoms with E-state index in [2.05, 4.69) is 4.98 Å². The maximum Gasteiger partial charge on any atom is 0.240 e. The highest BCUT2D eigenvalue weighted by Gasteiger charge is 2.42. The molecule has 25 heavy (non-hydrogen) atoms. The molecule has 0 spiro atoms. The number of nitrogens with two attached hydrogens (primary N) is 1. The van der Waals surface area contributed by atoms with Crippen LogP contribution in [0.3, 0.4) is 0 Å². The molecule has 0 bridgehead atoms. The number of benzene rings is 1. The summed E-state index contributed by atoms with van der Waals surface area (Å²) in [5.41, 5.74) is 7.09. The lowest BCUT2D eigenvalue weighted by molar-refractivity contribution is -0.140. The molecule has 2 atom stereocenters. The highest BCUT2D eigenvalue weighted by atomic mass is 32.1. The molecule has 1 aromatic carbocycles. The van der Waals surface area contributed by atoms with Crippen molar-refractivity contribution < 1.29 is 9.59 Å². The lowest BCUT2D eigenvalue weighted by Gasteiger charge is -2.42. The number of hydrogen-bond acceptors (Lipinski definition) is 5. The van der Waals surface area contributed by atoms with Gasteiger partial charge in [0.15, 0.2) is 5.01 Å². The van der Waals surface area contributed by atoms with Crippen LogP contribution in [0, 0.1) is 5.92 Å². The molecule has 2 aliphatic rings. The zero-order chi connectivity index (χ0) is 17.4. The molecule has 5 nitrogen and oxygen atoms in total. The summed E-state index contributed by atoms with van der Waals surface area (Å²) in [5, 5.41) is 0.495. The van der Waals surface area contributed by atoms with Gasteiger partial charge in [-0.2, -0.15) is 0 Å². The van der Waals surface area contributed by atoms with Crippen molar-refractivity contribution in [3.05, 3.63) is 29.3 Å². The van der Waals surface area contributed by atoms with E-state index in [1.807, 2.05) is 24.3 Å². The van der Waals surface area contributed by atoms with Crippen molar-refractivity contribution in [1.29, 1.82) is 0 Å². The number of carbonyl (C=O) groups excluding carboxylic acids is 2. The van der Waals surface area contributed by atoms with Crippen LogP contribution in [0.15, 0.2) is 24.3 Å². The third-order valence-corrected chi connectivity index (χ3v) is 6.60. The average molecular weight is 357 g/mol. The van der Waals surface area contributed by atoms with Crippen LogP contribution >= 0.6 is 11.3 Å². The Balaban J connectivity index is 1.47. The number of rotatable bonds is 4. The predicted molar refractivity (Wildman–Crippen MR) is 98.6 cm³/mol. The number of likely N-dealkylation sites (tertiary alicyclic amines) is 1. The number of thiazole rings is 1. The molecule has 132 valence electrons. The second-order valence-electron chi connectivity index (χ2n) is 7.11. The number of nitrogens with zero attached hydrogens (tertiary/aromatic N) is 2. The summed E-state index contributed by atoms with van der Waals surface area (Å²) in [6, 6.07) is 6.88. The summed E-state index contributed by atoms with van der Waals surface area (Å²) in [7, 11) is 0. The van der Waals surface area contributed by atoms with Crippen molar-refractivity contribution >= 4 is 33.2 Å². The van der Waals surface area contributed by atoms with Crippen molar-refractivity contribution in [3.63, 3.8) is 0 Å². The van der Waals surface area contributed by atoms with Crippen LogP contribution in [0.4, 0.5) is 0 Å². The molecule has 4 rings (SSSR count). The van der Waals surface area contributed by atoms with E-state index < -0.39 is 6.04 Å². The van der Waals surface area contributed by atoms with E-state index in [1.165, 1.54) is 17.8 Å². The fourth-order valence-corrected chi connectivity index (χ4v) is 4.88. The maximum atomic E-state index is 12.8. The van der Waals surface area contributed by atoms with E-state index in [1.54, 1.807) is 4.90 Å². The van der Waals surface area contributed by atoms with Gasteiger partial charge in [-0.05, 0) is 37.3 Å². The molecule has 0 radical (unpaired) electrons. The fourth-order valence-electron chi connectivity index (χ4n) is 3.93. The maximum absolute atomic E-state index is 12.8. The normalized spacial score (nSPS) is 22.6. The molecule has 1 aliphatic heterocycles. The highest BCUT2D eigenvalue weighted by molar-refractivity contribution is 7.20. The SMILES string of the molecule is N[C@@H](C(=O)N1CC[C@H]1C(=O)c1nc2ccccc2s1)C1CCCCC1. The van der Waals surface area contributed by atoms with Crippen LogP contribution in [-0.2, 0) is 4.79 Å². The van der Waals surface area contributed by atoms with Gasteiger partial charge in [-0.25, -0.2) is 4.98 Å². The topological polar surface area (TPSA) is 76.3 Å². The van der Waals surface area contributed by atoms with E-state index in [4.69, 9.17) is 5.73 Å². The van der Waals surface area contributed by atoms with Gasteiger partial charge in [0.1, 0.15) is 0 Å². The van der Waals surface area contributed by atoms with Crippen LogP contribution in [-0.4, -0.2) is 40.2 Å². The number of aromatic nitrogens is 1. The predicted octanol–water partition coefficient (Wildman–Crippen LogP) is 2.99. The number of hydrogen-bond donors (Lipinski definition) is 1. The van der Waals surface area contributed by atoms with E-state index in [-0.39, 0.29) is 23.7 Å². The van der Waals surface area contributed by atoms with Gasteiger partial charge in [-0.3, -0.25) is 9.59 Å². The number of Topliss-reactive ketones (excluding diaryl/α,β-unsaturated/α-hetero) is 1. The summed E-state index contributed by atoms with van der Waals surface area (Å²) in [5.74, 6) is 0.161. The monoisotopic (exact) mass is 357 g/mol. The number of carbonyl (C=O) groups is 2.